The van der Waals surface area contributed by atoms with Gasteiger partial charge in [-0.25, -0.2) is 4.79 Å². The van der Waals surface area contributed by atoms with Gasteiger partial charge in [-0.15, -0.1) is 0 Å². The van der Waals surface area contributed by atoms with E-state index in [1.807, 2.05) is 0 Å². The van der Waals surface area contributed by atoms with Gasteiger partial charge in [0.15, 0.2) is 5.78 Å². The third-order valence-corrected chi connectivity index (χ3v) is 4.75. The molecule has 0 unspecified atom stereocenters. The number of benzene rings is 1. The minimum atomic E-state index is -0.839. The number of nitro groups is 1. The first-order valence-electron chi connectivity index (χ1n) is 10.3. The molecule has 1 aliphatic rings. The van der Waals surface area contributed by atoms with Crippen LogP contribution in [0, 0.1) is 16.0 Å². The third kappa shape index (κ3) is 7.75. The second-order valence-electron chi connectivity index (χ2n) is 8.61. The van der Waals surface area contributed by atoms with Gasteiger partial charge in [-0.1, -0.05) is 5.16 Å². The van der Waals surface area contributed by atoms with Gasteiger partial charge in [-0.05, 0) is 64.2 Å². The summed E-state index contributed by atoms with van der Waals surface area (Å²) in [6.07, 6.45) is 1.73. The Labute approximate surface area is 186 Å². The Morgan fingerprint density at radius 2 is 1.69 bits per heavy atom. The summed E-state index contributed by atoms with van der Waals surface area (Å²) in [5.41, 5.74) is -0.528. The smallest absolute Gasteiger partial charge is 0.364 e. The summed E-state index contributed by atoms with van der Waals surface area (Å²) in [4.78, 5) is 51.7. The lowest BCUT2D eigenvalue weighted by Gasteiger charge is -2.26. The molecular weight excluding hydrogens is 420 g/mol. The number of nitrogens with zero attached hydrogens (tertiary/aromatic N) is 2. The maximum atomic E-state index is 12.3. The molecular formula is C22H28N2O8. The Hall–Kier alpha value is -3.30. The molecule has 1 saturated carbocycles. The third-order valence-electron chi connectivity index (χ3n) is 4.75. The van der Waals surface area contributed by atoms with Crippen molar-refractivity contribution in [2.45, 2.75) is 71.7 Å². The predicted octanol–water partition coefficient (Wildman–Crippen LogP) is 3.50. The van der Waals surface area contributed by atoms with E-state index in [1.165, 1.54) is 19.1 Å². The van der Waals surface area contributed by atoms with Gasteiger partial charge in [0.2, 0.25) is 5.71 Å². The van der Waals surface area contributed by atoms with Gasteiger partial charge >= 0.3 is 11.9 Å². The maximum absolute atomic E-state index is 12.3. The highest BCUT2D eigenvalue weighted by molar-refractivity contribution is 6.63. The topological polar surface area (TPSA) is 134 Å². The van der Waals surface area contributed by atoms with Crippen molar-refractivity contribution in [1.82, 2.24) is 0 Å². The van der Waals surface area contributed by atoms with E-state index >= 15 is 0 Å². The molecule has 1 aliphatic carbocycles. The van der Waals surface area contributed by atoms with Crippen LogP contribution in [-0.4, -0.2) is 40.1 Å². The second-order valence-corrected chi connectivity index (χ2v) is 8.61. The zero-order valence-electron chi connectivity index (χ0n) is 18.7. The molecule has 10 heteroatoms. The van der Waals surface area contributed by atoms with Crippen molar-refractivity contribution in [1.29, 1.82) is 0 Å². The molecule has 0 radical (unpaired) electrons. The van der Waals surface area contributed by atoms with Crippen molar-refractivity contribution < 1.29 is 33.6 Å². The Kier molecular flexibility index (Phi) is 8.45. The molecule has 1 fully saturated rings. The van der Waals surface area contributed by atoms with Crippen molar-refractivity contribution in [3.05, 3.63) is 39.9 Å². The molecule has 1 aromatic carbocycles. The fraction of sp³-hybridized carbons (Fsp3) is 0.545. The number of non-ortho nitro benzene ring substituents is 1. The van der Waals surface area contributed by atoms with E-state index in [0.29, 0.717) is 31.2 Å². The molecule has 0 aliphatic heterocycles. The summed E-state index contributed by atoms with van der Waals surface area (Å²) in [5.74, 6) is -2.03. The van der Waals surface area contributed by atoms with Gasteiger partial charge < -0.3 is 14.3 Å². The fourth-order valence-electron chi connectivity index (χ4n) is 3.09. The van der Waals surface area contributed by atoms with Crippen LogP contribution in [-0.2, 0) is 35.3 Å². The molecule has 32 heavy (non-hydrogen) atoms. The molecule has 0 bridgehead atoms. The number of hydrogen-bond acceptors (Lipinski definition) is 9. The number of Topliss-reactive ketones (excluding diaryl/α,β-unsaturated/α-hetero) is 1. The molecule has 174 valence electrons. The highest BCUT2D eigenvalue weighted by Crippen LogP contribution is 2.28. The lowest BCUT2D eigenvalue weighted by molar-refractivity contribution is -0.384. The molecule has 0 saturated heterocycles. The van der Waals surface area contributed by atoms with Crippen molar-refractivity contribution in [2.75, 3.05) is 0 Å². The van der Waals surface area contributed by atoms with E-state index in [0.717, 1.165) is 0 Å². The fourth-order valence-corrected chi connectivity index (χ4v) is 3.09. The van der Waals surface area contributed by atoms with Gasteiger partial charge in [-0.2, -0.15) is 0 Å². The molecule has 1 aromatic rings. The van der Waals surface area contributed by atoms with Crippen molar-refractivity contribution >= 4 is 29.1 Å². The molecule has 0 N–H and O–H groups in total. The van der Waals surface area contributed by atoms with Crippen molar-refractivity contribution in [3.63, 3.8) is 0 Å². The van der Waals surface area contributed by atoms with Crippen molar-refractivity contribution in [3.8, 4) is 0 Å². The molecule has 0 amide bonds. The monoisotopic (exact) mass is 448 g/mol. The van der Waals surface area contributed by atoms with Crippen LogP contribution in [0.25, 0.3) is 0 Å². The maximum Gasteiger partial charge on any atom is 0.364 e. The molecule has 0 atom stereocenters. The summed E-state index contributed by atoms with van der Waals surface area (Å²) in [6, 6.07) is 5.81. The van der Waals surface area contributed by atoms with Crippen LogP contribution in [0.1, 0.15) is 58.9 Å². The van der Waals surface area contributed by atoms with Gasteiger partial charge in [0.1, 0.15) is 18.3 Å². The van der Waals surface area contributed by atoms with E-state index in [-0.39, 0.29) is 30.3 Å². The summed E-state index contributed by atoms with van der Waals surface area (Å²) in [7, 11) is 0. The number of ether oxygens (including phenoxy) is 2. The normalized spacial score (nSPS) is 19.1. The number of hydrogen-bond donors (Lipinski definition) is 0. The van der Waals surface area contributed by atoms with E-state index < -0.39 is 28.0 Å². The number of oxime groups is 1. The first kappa shape index (κ1) is 25.0. The average molecular weight is 448 g/mol. The number of carbonyl (C=O) groups excluding carboxylic acids is 3. The Balaban J connectivity index is 1.82. The largest absolute Gasteiger partial charge is 0.461 e. The van der Waals surface area contributed by atoms with Crippen molar-refractivity contribution in [2.24, 2.45) is 11.1 Å². The van der Waals surface area contributed by atoms with Crippen LogP contribution in [0.5, 0.6) is 0 Å². The van der Waals surface area contributed by atoms with Crippen LogP contribution >= 0.6 is 0 Å². The van der Waals surface area contributed by atoms with E-state index in [9.17, 15) is 24.5 Å². The first-order chi connectivity index (χ1) is 15.0. The predicted molar refractivity (Wildman–Crippen MR) is 114 cm³/mol. The number of carbonyl (C=O) groups is 3. The molecule has 0 heterocycles. The summed E-state index contributed by atoms with van der Waals surface area (Å²) >= 11 is 0. The lowest BCUT2D eigenvalue weighted by Crippen LogP contribution is -2.33. The number of rotatable bonds is 8. The molecule has 0 aromatic heterocycles. The van der Waals surface area contributed by atoms with Gasteiger partial charge in [-0.3, -0.25) is 19.7 Å². The standard InChI is InChI=1S/C22H28N2O8/c1-14(25)19(21(27)31-22(2,3)4)23-32-18-11-7-16(8-12-18)20(26)30-13-15-5-9-17(10-6-15)24(28)29/h5-6,9-10,16,18H,7-8,11-13H2,1-4H3/b23-19-. The zero-order valence-corrected chi connectivity index (χ0v) is 18.7. The summed E-state index contributed by atoms with van der Waals surface area (Å²) in [5, 5.41) is 14.4. The van der Waals surface area contributed by atoms with Crippen LogP contribution in [0.4, 0.5) is 5.69 Å². The van der Waals surface area contributed by atoms with E-state index in [2.05, 4.69) is 5.16 Å². The highest BCUT2D eigenvalue weighted by atomic mass is 16.6. The van der Waals surface area contributed by atoms with E-state index in [4.69, 9.17) is 14.3 Å². The minimum absolute atomic E-state index is 0.0272. The SMILES string of the molecule is CC(=O)/C(=N/OC1CCC(C(=O)OCc2ccc([N+](=O)[O-])cc2)CC1)C(=O)OC(C)(C)C. The molecule has 10 nitrogen and oxygen atoms in total. The van der Waals surface area contributed by atoms with Gasteiger partial charge in [0.05, 0.1) is 10.8 Å². The van der Waals surface area contributed by atoms with Crippen LogP contribution in [0.2, 0.25) is 0 Å². The van der Waals surface area contributed by atoms with Crippen LogP contribution in [0.3, 0.4) is 0 Å². The summed E-state index contributed by atoms with van der Waals surface area (Å²) in [6.45, 7) is 6.31. The summed E-state index contributed by atoms with van der Waals surface area (Å²) < 4.78 is 10.5. The van der Waals surface area contributed by atoms with Gasteiger partial charge in [0, 0.05) is 19.1 Å². The quantitative estimate of drug-likeness (QED) is 0.194. The van der Waals surface area contributed by atoms with E-state index in [1.54, 1.807) is 32.9 Å². The minimum Gasteiger partial charge on any atom is -0.461 e. The van der Waals surface area contributed by atoms with Gasteiger partial charge in [0.25, 0.3) is 5.69 Å². The van der Waals surface area contributed by atoms with Crippen LogP contribution < -0.4 is 0 Å². The number of esters is 2. The Morgan fingerprint density at radius 3 is 2.19 bits per heavy atom. The Morgan fingerprint density at radius 1 is 1.09 bits per heavy atom. The average Bonchev–Trinajstić information content (AvgIpc) is 2.71. The molecule has 2 rings (SSSR count). The second kappa shape index (κ2) is 10.8. The Bertz CT molecular complexity index is 878. The zero-order chi connectivity index (χ0) is 23.9. The van der Waals surface area contributed by atoms with Crippen LogP contribution in [0.15, 0.2) is 29.4 Å². The number of nitro benzene ring substituents is 1. The highest BCUT2D eigenvalue weighted by Gasteiger charge is 2.30. The number of ketones is 1. The lowest BCUT2D eigenvalue weighted by atomic mass is 9.87. The molecule has 0 spiro atoms. The first-order valence-corrected chi connectivity index (χ1v) is 10.3.